The van der Waals surface area contributed by atoms with Gasteiger partial charge in [-0.3, -0.25) is 9.59 Å². The minimum absolute atomic E-state index is 0.0148. The van der Waals surface area contributed by atoms with Crippen LogP contribution in [0, 0.1) is 5.92 Å². The highest BCUT2D eigenvalue weighted by Gasteiger charge is 2.36. The molecule has 7 nitrogen and oxygen atoms in total. The Labute approximate surface area is 149 Å². The van der Waals surface area contributed by atoms with Gasteiger partial charge in [0, 0.05) is 24.7 Å². The van der Waals surface area contributed by atoms with E-state index < -0.39 is 11.9 Å². The van der Waals surface area contributed by atoms with E-state index in [1.165, 1.54) is 6.26 Å². The Kier molecular flexibility index (Phi) is 4.27. The van der Waals surface area contributed by atoms with Gasteiger partial charge < -0.3 is 18.6 Å². The molecular weight excluding hydrogens is 336 g/mol. The summed E-state index contributed by atoms with van der Waals surface area (Å²) in [5.74, 6) is 0.0282. The predicted molar refractivity (Wildman–Crippen MR) is 90.9 cm³/mol. The van der Waals surface area contributed by atoms with E-state index in [2.05, 4.69) is 5.16 Å². The van der Waals surface area contributed by atoms with Crippen LogP contribution in [0.15, 0.2) is 63.7 Å². The summed E-state index contributed by atoms with van der Waals surface area (Å²) in [7, 11) is 0. The van der Waals surface area contributed by atoms with Crippen molar-refractivity contribution in [2.45, 2.75) is 13.0 Å². The third-order valence-corrected chi connectivity index (χ3v) is 4.21. The van der Waals surface area contributed by atoms with Crippen molar-refractivity contribution in [3.8, 4) is 11.5 Å². The smallest absolute Gasteiger partial charge is 0.311 e. The molecule has 1 aliphatic heterocycles. The molecule has 1 atom stereocenters. The lowest BCUT2D eigenvalue weighted by Crippen LogP contribution is -2.26. The molecule has 4 rings (SSSR count). The lowest BCUT2D eigenvalue weighted by molar-refractivity contribution is -0.149. The fraction of sp³-hybridized carbons (Fsp3) is 0.211. The van der Waals surface area contributed by atoms with E-state index in [9.17, 15) is 9.59 Å². The molecule has 3 heterocycles. The van der Waals surface area contributed by atoms with E-state index in [4.69, 9.17) is 13.7 Å². The van der Waals surface area contributed by atoms with Crippen molar-refractivity contribution in [3.63, 3.8) is 0 Å². The van der Waals surface area contributed by atoms with Crippen molar-refractivity contribution in [2.24, 2.45) is 5.92 Å². The zero-order valence-electron chi connectivity index (χ0n) is 13.8. The number of carbonyl (C=O) groups excluding carboxylic acids is 2. The van der Waals surface area contributed by atoms with Crippen LogP contribution < -0.4 is 4.90 Å². The number of anilines is 1. The summed E-state index contributed by atoms with van der Waals surface area (Å²) in [5, 5.41) is 3.86. The number of furan rings is 1. The summed E-state index contributed by atoms with van der Waals surface area (Å²) in [4.78, 5) is 26.1. The third kappa shape index (κ3) is 3.23. The first kappa shape index (κ1) is 16.1. The van der Waals surface area contributed by atoms with Gasteiger partial charge in [-0.2, -0.15) is 0 Å². The quantitative estimate of drug-likeness (QED) is 0.656. The van der Waals surface area contributed by atoms with Crippen LogP contribution in [-0.4, -0.2) is 23.6 Å². The summed E-state index contributed by atoms with van der Waals surface area (Å²) in [6, 6.07) is 14.4. The van der Waals surface area contributed by atoms with Crippen LogP contribution >= 0.6 is 0 Å². The molecule has 0 radical (unpaired) electrons. The maximum atomic E-state index is 12.3. The SMILES string of the molecule is O=C(OCc1cc(-c2ccco2)on1)C1CC(=O)N(c2ccccc2)C1. The maximum Gasteiger partial charge on any atom is 0.311 e. The first-order valence-corrected chi connectivity index (χ1v) is 8.22. The van der Waals surface area contributed by atoms with Crippen molar-refractivity contribution in [1.29, 1.82) is 0 Å². The zero-order chi connectivity index (χ0) is 17.9. The van der Waals surface area contributed by atoms with Crippen LogP contribution in [0.4, 0.5) is 5.69 Å². The van der Waals surface area contributed by atoms with Crippen LogP contribution in [0.5, 0.6) is 0 Å². The Morgan fingerprint density at radius 1 is 1.19 bits per heavy atom. The van der Waals surface area contributed by atoms with Crippen LogP contribution in [-0.2, 0) is 20.9 Å². The normalized spacial score (nSPS) is 16.8. The van der Waals surface area contributed by atoms with Crippen molar-refractivity contribution >= 4 is 17.6 Å². The van der Waals surface area contributed by atoms with Gasteiger partial charge in [-0.05, 0) is 24.3 Å². The Hall–Kier alpha value is -3.35. The molecule has 1 fully saturated rings. The van der Waals surface area contributed by atoms with Gasteiger partial charge in [0.25, 0.3) is 0 Å². The molecule has 0 bridgehead atoms. The van der Waals surface area contributed by atoms with Gasteiger partial charge in [0.15, 0.2) is 5.76 Å². The van der Waals surface area contributed by atoms with Crippen molar-refractivity contribution in [3.05, 3.63) is 60.5 Å². The number of nitrogens with zero attached hydrogens (tertiary/aromatic N) is 2. The van der Waals surface area contributed by atoms with E-state index in [0.717, 1.165) is 5.69 Å². The molecule has 0 N–H and O–H groups in total. The molecular formula is C19H16N2O5. The molecule has 1 aliphatic rings. The Bertz CT molecular complexity index is 901. The number of aromatic nitrogens is 1. The Morgan fingerprint density at radius 2 is 2.04 bits per heavy atom. The van der Waals surface area contributed by atoms with Crippen LogP contribution in [0.1, 0.15) is 12.1 Å². The van der Waals surface area contributed by atoms with E-state index in [1.807, 2.05) is 30.3 Å². The number of carbonyl (C=O) groups is 2. The highest BCUT2D eigenvalue weighted by Crippen LogP contribution is 2.26. The fourth-order valence-corrected chi connectivity index (χ4v) is 2.90. The molecule has 26 heavy (non-hydrogen) atoms. The van der Waals surface area contributed by atoms with Crippen LogP contribution in [0.3, 0.4) is 0 Å². The topological polar surface area (TPSA) is 85.8 Å². The third-order valence-electron chi connectivity index (χ3n) is 4.21. The van der Waals surface area contributed by atoms with E-state index in [-0.39, 0.29) is 18.9 Å². The number of amides is 1. The molecule has 1 saturated heterocycles. The van der Waals surface area contributed by atoms with Gasteiger partial charge in [0.05, 0.1) is 12.2 Å². The number of ether oxygens (including phenoxy) is 1. The number of rotatable bonds is 5. The van der Waals surface area contributed by atoms with Gasteiger partial charge in [-0.1, -0.05) is 23.4 Å². The minimum Gasteiger partial charge on any atom is -0.461 e. The first-order valence-electron chi connectivity index (χ1n) is 8.22. The molecule has 7 heteroatoms. The monoisotopic (exact) mass is 352 g/mol. The predicted octanol–water partition coefficient (Wildman–Crippen LogP) is 3.03. The average molecular weight is 352 g/mol. The second-order valence-corrected chi connectivity index (χ2v) is 6.01. The molecule has 1 aromatic carbocycles. The van der Waals surface area contributed by atoms with E-state index >= 15 is 0 Å². The summed E-state index contributed by atoms with van der Waals surface area (Å²) >= 11 is 0. The number of para-hydroxylation sites is 1. The molecule has 0 saturated carbocycles. The number of hydrogen-bond acceptors (Lipinski definition) is 6. The van der Waals surface area contributed by atoms with E-state index in [0.29, 0.717) is 23.8 Å². The highest BCUT2D eigenvalue weighted by atomic mass is 16.5. The van der Waals surface area contributed by atoms with E-state index in [1.54, 1.807) is 23.1 Å². The Morgan fingerprint density at radius 3 is 2.81 bits per heavy atom. The first-order chi connectivity index (χ1) is 12.7. The molecule has 1 amide bonds. The van der Waals surface area contributed by atoms with Gasteiger partial charge >= 0.3 is 5.97 Å². The number of benzene rings is 1. The van der Waals surface area contributed by atoms with Gasteiger partial charge in [0.1, 0.15) is 12.3 Å². The summed E-state index contributed by atoms with van der Waals surface area (Å²) in [6.07, 6.45) is 1.68. The molecule has 132 valence electrons. The standard InChI is InChI=1S/C19H16N2O5/c22-18-9-13(11-21(18)15-5-2-1-3-6-15)19(23)25-12-14-10-17(26-20-14)16-7-4-8-24-16/h1-8,10,13H,9,11-12H2. The second kappa shape index (κ2) is 6.87. The Balaban J connectivity index is 1.35. The second-order valence-electron chi connectivity index (χ2n) is 6.01. The lowest BCUT2D eigenvalue weighted by Gasteiger charge is -2.16. The zero-order valence-corrected chi connectivity index (χ0v) is 13.8. The fourth-order valence-electron chi connectivity index (χ4n) is 2.90. The van der Waals surface area contributed by atoms with Crippen molar-refractivity contribution < 1.29 is 23.3 Å². The maximum absolute atomic E-state index is 12.3. The average Bonchev–Trinajstić information content (AvgIpc) is 3.40. The van der Waals surface area contributed by atoms with Crippen LogP contribution in [0.2, 0.25) is 0 Å². The number of hydrogen-bond donors (Lipinski definition) is 0. The molecule has 3 aromatic rings. The van der Waals surface area contributed by atoms with Crippen LogP contribution in [0.25, 0.3) is 11.5 Å². The van der Waals surface area contributed by atoms with Crippen molar-refractivity contribution in [2.75, 3.05) is 11.4 Å². The number of esters is 1. The molecule has 0 aliphatic carbocycles. The molecule has 0 spiro atoms. The van der Waals surface area contributed by atoms with Gasteiger partial charge in [0.2, 0.25) is 11.7 Å². The lowest BCUT2D eigenvalue weighted by atomic mass is 10.1. The van der Waals surface area contributed by atoms with Gasteiger partial charge in [-0.25, -0.2) is 0 Å². The minimum atomic E-state index is -0.487. The molecule has 1 unspecified atom stereocenters. The largest absolute Gasteiger partial charge is 0.461 e. The summed E-state index contributed by atoms with van der Waals surface area (Å²) in [5.41, 5.74) is 1.27. The van der Waals surface area contributed by atoms with Gasteiger partial charge in [-0.15, -0.1) is 0 Å². The summed E-state index contributed by atoms with van der Waals surface area (Å²) in [6.45, 7) is 0.303. The van der Waals surface area contributed by atoms with Crippen molar-refractivity contribution in [1.82, 2.24) is 5.16 Å². The molecule has 2 aromatic heterocycles. The summed E-state index contributed by atoms with van der Waals surface area (Å²) < 4.78 is 15.7. The highest BCUT2D eigenvalue weighted by molar-refractivity contribution is 5.99.